The van der Waals surface area contributed by atoms with Gasteiger partial charge in [0.25, 0.3) is 5.91 Å². The number of carbonyl (C=O) groups is 1. The standard InChI is InChI=1S/C23H21N5O/c1-17-14-21(16-24)26-23(25-17)28-12-10-27(11-13-28)22(29)20-9-5-8-19(15-20)18-6-3-2-4-7-18/h2-9,14-15H,10-13H2,1H3. The van der Waals surface area contributed by atoms with Crippen LogP contribution in [0.15, 0.2) is 60.7 Å². The molecule has 6 nitrogen and oxygen atoms in total. The Morgan fingerprint density at radius 1 is 0.931 bits per heavy atom. The lowest BCUT2D eigenvalue weighted by molar-refractivity contribution is 0.0746. The van der Waals surface area contributed by atoms with Gasteiger partial charge in [0.2, 0.25) is 5.95 Å². The average Bonchev–Trinajstić information content (AvgIpc) is 2.79. The quantitative estimate of drug-likeness (QED) is 0.694. The highest BCUT2D eigenvalue weighted by Crippen LogP contribution is 2.21. The van der Waals surface area contributed by atoms with Gasteiger partial charge in [0, 0.05) is 37.4 Å². The second-order valence-electron chi connectivity index (χ2n) is 7.03. The molecule has 0 unspecified atom stereocenters. The van der Waals surface area contributed by atoms with Crippen molar-refractivity contribution in [3.8, 4) is 17.2 Å². The van der Waals surface area contributed by atoms with Gasteiger partial charge in [-0.15, -0.1) is 0 Å². The van der Waals surface area contributed by atoms with Gasteiger partial charge in [0.1, 0.15) is 11.8 Å². The molecule has 4 rings (SSSR count). The molecule has 0 saturated carbocycles. The van der Waals surface area contributed by atoms with Gasteiger partial charge >= 0.3 is 0 Å². The minimum Gasteiger partial charge on any atom is -0.337 e. The van der Waals surface area contributed by atoms with Gasteiger partial charge in [0.05, 0.1) is 0 Å². The number of benzene rings is 2. The third-order valence-electron chi connectivity index (χ3n) is 5.02. The number of hydrogen-bond acceptors (Lipinski definition) is 5. The summed E-state index contributed by atoms with van der Waals surface area (Å²) in [7, 11) is 0. The molecule has 6 heteroatoms. The highest BCUT2D eigenvalue weighted by molar-refractivity contribution is 5.95. The summed E-state index contributed by atoms with van der Waals surface area (Å²) in [4.78, 5) is 25.6. The number of rotatable bonds is 3. The van der Waals surface area contributed by atoms with Gasteiger partial charge in [-0.25, -0.2) is 9.97 Å². The van der Waals surface area contributed by atoms with E-state index in [1.165, 1.54) is 0 Å². The summed E-state index contributed by atoms with van der Waals surface area (Å²) in [5, 5.41) is 9.12. The van der Waals surface area contributed by atoms with E-state index in [0.29, 0.717) is 43.4 Å². The molecule has 0 aliphatic carbocycles. The van der Waals surface area contributed by atoms with Gasteiger partial charge in [-0.3, -0.25) is 4.79 Å². The zero-order chi connectivity index (χ0) is 20.2. The van der Waals surface area contributed by atoms with Gasteiger partial charge in [0.15, 0.2) is 0 Å². The fraction of sp³-hybridized carbons (Fsp3) is 0.217. The van der Waals surface area contributed by atoms with Crippen molar-refractivity contribution < 1.29 is 4.79 Å². The molecule has 1 saturated heterocycles. The number of nitriles is 1. The van der Waals surface area contributed by atoms with E-state index in [4.69, 9.17) is 5.26 Å². The maximum Gasteiger partial charge on any atom is 0.253 e. The summed E-state index contributed by atoms with van der Waals surface area (Å²) in [6.07, 6.45) is 0. The Bertz CT molecular complexity index is 1070. The minimum absolute atomic E-state index is 0.0327. The van der Waals surface area contributed by atoms with Crippen LogP contribution in [0.5, 0.6) is 0 Å². The normalized spacial score (nSPS) is 13.8. The Hall–Kier alpha value is -3.72. The smallest absolute Gasteiger partial charge is 0.253 e. The third kappa shape index (κ3) is 4.09. The van der Waals surface area contributed by atoms with Gasteiger partial charge in [-0.1, -0.05) is 42.5 Å². The SMILES string of the molecule is Cc1cc(C#N)nc(N2CCN(C(=O)c3cccc(-c4ccccc4)c3)CC2)n1. The molecule has 0 radical (unpaired) electrons. The van der Waals surface area contributed by atoms with Gasteiger partial charge < -0.3 is 9.80 Å². The first-order chi connectivity index (χ1) is 14.1. The molecule has 1 aliphatic heterocycles. The number of carbonyl (C=O) groups excluding carboxylic acids is 1. The predicted octanol–water partition coefficient (Wildman–Crippen LogP) is 3.29. The maximum absolute atomic E-state index is 13.0. The summed E-state index contributed by atoms with van der Waals surface area (Å²) in [5.41, 5.74) is 3.95. The zero-order valence-corrected chi connectivity index (χ0v) is 16.2. The number of amides is 1. The predicted molar refractivity (Wildman–Crippen MR) is 111 cm³/mol. The summed E-state index contributed by atoms with van der Waals surface area (Å²) < 4.78 is 0. The molecular formula is C23H21N5O. The number of hydrogen-bond donors (Lipinski definition) is 0. The van der Waals surface area contributed by atoms with Crippen molar-refractivity contribution in [3.05, 3.63) is 77.6 Å². The van der Waals surface area contributed by atoms with E-state index in [1.54, 1.807) is 6.07 Å². The summed E-state index contributed by atoms with van der Waals surface area (Å²) in [6, 6.07) is 21.6. The van der Waals surface area contributed by atoms with Crippen LogP contribution < -0.4 is 4.90 Å². The minimum atomic E-state index is 0.0327. The topological polar surface area (TPSA) is 73.1 Å². The summed E-state index contributed by atoms with van der Waals surface area (Å²) >= 11 is 0. The van der Waals surface area contributed by atoms with E-state index in [2.05, 4.69) is 16.0 Å². The van der Waals surface area contributed by atoms with Crippen LogP contribution in [0.2, 0.25) is 0 Å². The highest BCUT2D eigenvalue weighted by atomic mass is 16.2. The largest absolute Gasteiger partial charge is 0.337 e. The Morgan fingerprint density at radius 3 is 2.38 bits per heavy atom. The zero-order valence-electron chi connectivity index (χ0n) is 16.2. The second kappa shape index (κ2) is 8.11. The van der Waals surface area contributed by atoms with Crippen molar-refractivity contribution in [2.24, 2.45) is 0 Å². The first-order valence-electron chi connectivity index (χ1n) is 9.59. The Morgan fingerprint density at radius 2 is 1.66 bits per heavy atom. The van der Waals surface area contributed by atoms with Crippen molar-refractivity contribution in [2.75, 3.05) is 31.1 Å². The average molecular weight is 383 g/mol. The molecule has 0 spiro atoms. The van der Waals surface area contributed by atoms with Crippen molar-refractivity contribution in [1.82, 2.24) is 14.9 Å². The van der Waals surface area contributed by atoms with E-state index in [0.717, 1.165) is 16.8 Å². The molecule has 2 aromatic carbocycles. The van der Waals surface area contributed by atoms with E-state index in [9.17, 15) is 4.79 Å². The molecule has 1 aromatic heterocycles. The molecule has 3 aromatic rings. The van der Waals surface area contributed by atoms with E-state index in [-0.39, 0.29) is 5.91 Å². The van der Waals surface area contributed by atoms with Crippen LogP contribution >= 0.6 is 0 Å². The van der Waals surface area contributed by atoms with Crippen molar-refractivity contribution >= 4 is 11.9 Å². The number of nitrogens with zero attached hydrogens (tertiary/aromatic N) is 5. The molecule has 144 valence electrons. The van der Waals surface area contributed by atoms with E-state index >= 15 is 0 Å². The second-order valence-corrected chi connectivity index (χ2v) is 7.03. The third-order valence-corrected chi connectivity index (χ3v) is 5.02. The molecule has 2 heterocycles. The molecule has 1 amide bonds. The van der Waals surface area contributed by atoms with E-state index < -0.39 is 0 Å². The van der Waals surface area contributed by atoms with Crippen molar-refractivity contribution in [1.29, 1.82) is 5.26 Å². The summed E-state index contributed by atoms with van der Waals surface area (Å²) in [6.45, 7) is 4.31. The Kier molecular flexibility index (Phi) is 5.21. The number of anilines is 1. The monoisotopic (exact) mass is 383 g/mol. The van der Waals surface area contributed by atoms with E-state index in [1.807, 2.05) is 71.3 Å². The lowest BCUT2D eigenvalue weighted by atomic mass is 10.0. The Balaban J connectivity index is 1.46. The molecule has 0 bridgehead atoms. The van der Waals surface area contributed by atoms with Gasteiger partial charge in [-0.05, 0) is 36.2 Å². The van der Waals surface area contributed by atoms with Crippen LogP contribution in [0, 0.1) is 18.3 Å². The number of aryl methyl sites for hydroxylation is 1. The molecule has 1 aliphatic rings. The first-order valence-corrected chi connectivity index (χ1v) is 9.59. The lowest BCUT2D eigenvalue weighted by Crippen LogP contribution is -2.49. The fourth-order valence-corrected chi connectivity index (χ4v) is 3.51. The lowest BCUT2D eigenvalue weighted by Gasteiger charge is -2.35. The van der Waals surface area contributed by atoms with Crippen LogP contribution in [0.1, 0.15) is 21.7 Å². The molecular weight excluding hydrogens is 362 g/mol. The first kappa shape index (κ1) is 18.6. The van der Waals surface area contributed by atoms with Gasteiger partial charge in [-0.2, -0.15) is 5.26 Å². The maximum atomic E-state index is 13.0. The van der Waals surface area contributed by atoms with Crippen molar-refractivity contribution in [3.63, 3.8) is 0 Å². The van der Waals surface area contributed by atoms with Crippen LogP contribution in [-0.4, -0.2) is 47.0 Å². The number of aromatic nitrogens is 2. The van der Waals surface area contributed by atoms with Crippen molar-refractivity contribution in [2.45, 2.75) is 6.92 Å². The van der Waals surface area contributed by atoms with Crippen LogP contribution in [0.25, 0.3) is 11.1 Å². The highest BCUT2D eigenvalue weighted by Gasteiger charge is 2.24. The molecule has 0 atom stereocenters. The summed E-state index contributed by atoms with van der Waals surface area (Å²) in [5.74, 6) is 0.588. The molecule has 0 N–H and O–H groups in total. The van der Waals surface area contributed by atoms with Crippen LogP contribution in [0.3, 0.4) is 0 Å². The molecule has 1 fully saturated rings. The molecule has 29 heavy (non-hydrogen) atoms. The Labute approximate surface area is 170 Å². The van der Waals surface area contributed by atoms with Crippen LogP contribution in [-0.2, 0) is 0 Å². The fourth-order valence-electron chi connectivity index (χ4n) is 3.51. The number of piperazine rings is 1. The van der Waals surface area contributed by atoms with Crippen LogP contribution in [0.4, 0.5) is 5.95 Å².